The molecule has 9 heteroatoms. The highest BCUT2D eigenvalue weighted by atomic mass is 127. The van der Waals surface area contributed by atoms with E-state index in [1.54, 1.807) is 17.5 Å². The van der Waals surface area contributed by atoms with E-state index in [2.05, 4.69) is 47.6 Å². The number of nitrogens with one attached hydrogen (secondary N) is 2. The normalized spacial score (nSPS) is 19.1. The zero-order valence-corrected chi connectivity index (χ0v) is 19.5. The number of aliphatic imine (C=N–C) groups is 1. The smallest absolute Gasteiger partial charge is 0.250 e. The summed E-state index contributed by atoms with van der Waals surface area (Å²) in [6.07, 6.45) is 0. The van der Waals surface area contributed by atoms with Crippen molar-refractivity contribution in [3.05, 3.63) is 17.5 Å². The molecule has 6 nitrogen and oxygen atoms in total. The molecular formula is C16H29IN4O2S2. The van der Waals surface area contributed by atoms with Gasteiger partial charge >= 0.3 is 0 Å². The van der Waals surface area contributed by atoms with Gasteiger partial charge in [-0.3, -0.25) is 4.99 Å². The first-order valence-corrected chi connectivity index (χ1v) is 10.6. The van der Waals surface area contributed by atoms with Gasteiger partial charge in [-0.05, 0) is 32.2 Å². The molecule has 0 aliphatic carbocycles. The van der Waals surface area contributed by atoms with E-state index in [0.717, 1.165) is 19.0 Å². The van der Waals surface area contributed by atoms with E-state index in [9.17, 15) is 8.42 Å². The van der Waals surface area contributed by atoms with Crippen LogP contribution in [0.15, 0.2) is 26.7 Å². The molecule has 2 rings (SSSR count). The summed E-state index contributed by atoms with van der Waals surface area (Å²) in [4.78, 5) is 6.84. The molecule has 1 aliphatic rings. The van der Waals surface area contributed by atoms with Gasteiger partial charge in [0.2, 0.25) is 10.0 Å². The van der Waals surface area contributed by atoms with E-state index < -0.39 is 10.0 Å². The third-order valence-corrected chi connectivity index (χ3v) is 7.76. The third-order valence-electron chi connectivity index (χ3n) is 4.90. The molecule has 0 saturated carbocycles. The number of hydrogen-bond acceptors (Lipinski definition) is 4. The molecule has 0 bridgehead atoms. The number of halogens is 1. The minimum Gasteiger partial charge on any atom is -0.356 e. The van der Waals surface area contributed by atoms with E-state index in [0.29, 0.717) is 10.8 Å². The Morgan fingerprint density at radius 3 is 2.52 bits per heavy atom. The summed E-state index contributed by atoms with van der Waals surface area (Å²) in [5.74, 6) is 0.845. The zero-order valence-electron chi connectivity index (χ0n) is 15.5. The van der Waals surface area contributed by atoms with Crippen molar-refractivity contribution >= 4 is 51.3 Å². The highest BCUT2D eigenvalue weighted by Gasteiger charge is 2.53. The number of likely N-dealkylation sites (tertiary alicyclic amines) is 1. The van der Waals surface area contributed by atoms with E-state index in [1.165, 1.54) is 11.3 Å². The van der Waals surface area contributed by atoms with Crippen LogP contribution in [0.3, 0.4) is 0 Å². The van der Waals surface area contributed by atoms with Crippen LogP contribution in [0.5, 0.6) is 0 Å². The van der Waals surface area contributed by atoms with Crippen molar-refractivity contribution in [1.82, 2.24) is 14.9 Å². The molecule has 0 radical (unpaired) electrons. The van der Waals surface area contributed by atoms with Gasteiger partial charge < -0.3 is 10.2 Å². The van der Waals surface area contributed by atoms with Gasteiger partial charge in [0.25, 0.3) is 0 Å². The van der Waals surface area contributed by atoms with Crippen LogP contribution in [0.1, 0.15) is 34.6 Å². The lowest BCUT2D eigenvalue weighted by Crippen LogP contribution is -2.72. The van der Waals surface area contributed by atoms with Gasteiger partial charge in [-0.1, -0.05) is 19.9 Å². The molecule has 2 N–H and O–H groups in total. The molecule has 0 atom stereocenters. The van der Waals surface area contributed by atoms with E-state index in [-0.39, 0.29) is 41.5 Å². The number of rotatable bonds is 6. The Balaban J connectivity index is 0.00000312. The summed E-state index contributed by atoms with van der Waals surface area (Å²) in [6, 6.07) is 3.33. The fourth-order valence-corrected chi connectivity index (χ4v) is 4.68. The molecule has 25 heavy (non-hydrogen) atoms. The number of sulfonamides is 1. The molecule has 1 aromatic rings. The maximum absolute atomic E-state index is 12.1. The second kappa shape index (κ2) is 8.53. The summed E-state index contributed by atoms with van der Waals surface area (Å²) in [5.41, 5.74) is 0.244. The van der Waals surface area contributed by atoms with Gasteiger partial charge in [-0.2, -0.15) is 0 Å². The van der Waals surface area contributed by atoms with Crippen molar-refractivity contribution in [2.24, 2.45) is 10.4 Å². The zero-order chi connectivity index (χ0) is 18.0. The largest absolute Gasteiger partial charge is 0.356 e. The molecular weight excluding hydrogens is 471 g/mol. The Bertz CT molecular complexity index is 685. The molecule has 0 unspecified atom stereocenters. The maximum Gasteiger partial charge on any atom is 0.250 e. The Morgan fingerprint density at radius 1 is 1.36 bits per heavy atom. The average molecular weight is 500 g/mol. The topological polar surface area (TPSA) is 73.8 Å². The summed E-state index contributed by atoms with van der Waals surface area (Å²) < 4.78 is 27.1. The molecule has 1 fully saturated rings. The summed E-state index contributed by atoms with van der Waals surface area (Å²) in [7, 11) is -3.42. The molecule has 0 amide bonds. The van der Waals surface area contributed by atoms with Crippen LogP contribution >= 0.6 is 35.3 Å². The monoisotopic (exact) mass is 500 g/mol. The number of hydrogen-bond donors (Lipinski definition) is 2. The molecule has 0 spiro atoms. The Hall–Kier alpha value is -0.390. The SMILES string of the molecule is CCNC(=NCCNS(=O)(=O)c1cccs1)N1CC(C)(C)C1(C)C.I. The maximum atomic E-state index is 12.1. The van der Waals surface area contributed by atoms with Crippen molar-refractivity contribution in [1.29, 1.82) is 0 Å². The lowest BCUT2D eigenvalue weighted by atomic mass is 9.65. The lowest BCUT2D eigenvalue weighted by molar-refractivity contribution is -0.0667. The van der Waals surface area contributed by atoms with Crippen LogP contribution in [0.4, 0.5) is 0 Å². The van der Waals surface area contributed by atoms with Crippen LogP contribution in [-0.4, -0.2) is 51.0 Å². The second-order valence-corrected chi connectivity index (χ2v) is 10.0. The number of nitrogens with zero attached hydrogens (tertiary/aromatic N) is 2. The van der Waals surface area contributed by atoms with Gasteiger partial charge in [-0.25, -0.2) is 13.1 Å². The third kappa shape index (κ3) is 4.86. The predicted molar refractivity (Wildman–Crippen MR) is 115 cm³/mol. The fourth-order valence-electron chi connectivity index (χ4n) is 2.62. The molecule has 144 valence electrons. The van der Waals surface area contributed by atoms with Crippen LogP contribution in [-0.2, 0) is 10.0 Å². The Kier molecular flexibility index (Phi) is 7.73. The summed E-state index contributed by atoms with van der Waals surface area (Å²) >= 11 is 1.21. The molecule has 1 aliphatic heterocycles. The molecule has 1 aromatic heterocycles. The van der Waals surface area contributed by atoms with Gasteiger partial charge in [0, 0.05) is 30.6 Å². The predicted octanol–water partition coefficient (Wildman–Crippen LogP) is 2.73. The highest BCUT2D eigenvalue weighted by molar-refractivity contribution is 14.0. The number of thiophene rings is 1. The van der Waals surface area contributed by atoms with Crippen molar-refractivity contribution in [3.8, 4) is 0 Å². The van der Waals surface area contributed by atoms with E-state index in [1.807, 2.05) is 6.92 Å². The van der Waals surface area contributed by atoms with Gasteiger partial charge in [-0.15, -0.1) is 35.3 Å². The van der Waals surface area contributed by atoms with Crippen LogP contribution < -0.4 is 10.0 Å². The van der Waals surface area contributed by atoms with Gasteiger partial charge in [0.15, 0.2) is 5.96 Å². The first-order chi connectivity index (χ1) is 11.1. The fraction of sp³-hybridized carbons (Fsp3) is 0.688. The minimum atomic E-state index is -3.42. The van der Waals surface area contributed by atoms with Gasteiger partial charge in [0.05, 0.1) is 6.54 Å². The van der Waals surface area contributed by atoms with Crippen LogP contribution in [0, 0.1) is 5.41 Å². The Labute approximate surface area is 172 Å². The van der Waals surface area contributed by atoms with Crippen molar-refractivity contribution in [2.45, 2.75) is 44.4 Å². The van der Waals surface area contributed by atoms with Gasteiger partial charge in [0.1, 0.15) is 4.21 Å². The highest BCUT2D eigenvalue weighted by Crippen LogP contribution is 2.46. The first kappa shape index (κ1) is 22.7. The summed E-state index contributed by atoms with van der Waals surface area (Å²) in [5, 5.41) is 5.06. The van der Waals surface area contributed by atoms with E-state index in [4.69, 9.17) is 0 Å². The second-order valence-electron chi connectivity index (χ2n) is 7.09. The van der Waals surface area contributed by atoms with Crippen LogP contribution in [0.25, 0.3) is 0 Å². The first-order valence-electron chi connectivity index (χ1n) is 8.21. The Morgan fingerprint density at radius 2 is 2.04 bits per heavy atom. The lowest BCUT2D eigenvalue weighted by Gasteiger charge is -2.62. The average Bonchev–Trinajstić information content (AvgIpc) is 3.03. The number of guanidine groups is 1. The molecule has 0 aromatic carbocycles. The van der Waals surface area contributed by atoms with Crippen molar-refractivity contribution in [3.63, 3.8) is 0 Å². The molecule has 2 heterocycles. The molecule has 1 saturated heterocycles. The minimum absolute atomic E-state index is 0. The summed E-state index contributed by atoms with van der Waals surface area (Å²) in [6.45, 7) is 13.4. The quantitative estimate of drug-likeness (QED) is 0.273. The van der Waals surface area contributed by atoms with Crippen molar-refractivity contribution < 1.29 is 8.42 Å². The standard InChI is InChI=1S/C16H28N4O2S2.HI/c1-6-17-14(20-12-15(2,3)16(20,4)5)18-9-10-19-24(21,22)13-8-7-11-23-13;/h7-8,11,19H,6,9-10,12H2,1-5H3,(H,17,18);1H. The van der Waals surface area contributed by atoms with E-state index >= 15 is 0 Å². The van der Waals surface area contributed by atoms with Crippen molar-refractivity contribution in [2.75, 3.05) is 26.2 Å². The van der Waals surface area contributed by atoms with Crippen LogP contribution in [0.2, 0.25) is 0 Å².